The number of carbonyl (C=O) groups is 5. The molecular weight excluding hydrogens is 507 g/mol. The van der Waals surface area contributed by atoms with Gasteiger partial charge in [-0.2, -0.15) is 0 Å². The first-order valence-electron chi connectivity index (χ1n) is 11.2. The number of carbonyl (C=O) groups excluding carboxylic acids is 4. The number of carboxylic acids is 1. The number of likely N-dealkylation sites (N-methyl/N-ethyl adjacent to an activating group) is 1. The summed E-state index contributed by atoms with van der Waals surface area (Å²) in [4.78, 5) is 68.4. The highest BCUT2D eigenvalue weighted by molar-refractivity contribution is 7.13. The van der Waals surface area contributed by atoms with Crippen LogP contribution in [0.1, 0.15) is 34.6 Å². The number of thiazole rings is 1. The van der Waals surface area contributed by atoms with E-state index in [2.05, 4.69) is 15.6 Å². The van der Waals surface area contributed by atoms with Gasteiger partial charge < -0.3 is 36.1 Å². The largest absolute Gasteiger partial charge is 0.547 e. The molecule has 1 fully saturated rings. The van der Waals surface area contributed by atoms with Gasteiger partial charge in [-0.25, -0.2) is 14.6 Å². The summed E-state index contributed by atoms with van der Waals surface area (Å²) in [6.07, 6.45) is 0.0369. The Morgan fingerprint density at radius 3 is 2.70 bits per heavy atom. The molecule has 1 aromatic carbocycles. The molecule has 6 N–H and O–H groups in total. The van der Waals surface area contributed by atoms with Crippen LogP contribution in [0.3, 0.4) is 0 Å². The molecule has 14 nitrogen and oxygen atoms in total. The average Bonchev–Trinajstić information content (AvgIpc) is 3.29. The Balaban J connectivity index is 1.52. The molecule has 194 valence electrons. The fourth-order valence-electron chi connectivity index (χ4n) is 4.06. The highest BCUT2D eigenvalue weighted by Crippen LogP contribution is 2.30. The van der Waals surface area contributed by atoms with Crippen LogP contribution in [-0.2, 0) is 20.8 Å². The molecule has 2 aromatic rings. The Morgan fingerprint density at radius 2 is 2.05 bits per heavy atom. The summed E-state index contributed by atoms with van der Waals surface area (Å²) < 4.78 is 5.39. The number of nitrogens with one attached hydrogen (secondary N) is 2. The summed E-state index contributed by atoms with van der Waals surface area (Å²) in [5.74, 6) is -4.89. The second-order valence-corrected chi connectivity index (χ2v) is 9.15. The summed E-state index contributed by atoms with van der Waals surface area (Å²) in [7, 11) is -1.59. The second-order valence-electron chi connectivity index (χ2n) is 8.26. The number of para-hydroxylation sites is 1. The van der Waals surface area contributed by atoms with E-state index in [1.165, 1.54) is 22.4 Å². The average molecular weight is 530 g/mol. The zero-order valence-corrected chi connectivity index (χ0v) is 20.4. The maximum absolute atomic E-state index is 13.3. The highest BCUT2D eigenvalue weighted by atomic mass is 32.1. The molecule has 2 aliphatic heterocycles. The molecule has 16 heteroatoms. The Morgan fingerprint density at radius 1 is 1.30 bits per heavy atom. The van der Waals surface area contributed by atoms with Crippen LogP contribution in [0.2, 0.25) is 0 Å². The summed E-state index contributed by atoms with van der Waals surface area (Å²) in [5, 5.41) is 26.4. The first-order valence-corrected chi connectivity index (χ1v) is 12.1. The zero-order chi connectivity index (χ0) is 26.9. The third-order valence-corrected chi connectivity index (χ3v) is 6.67. The van der Waals surface area contributed by atoms with Gasteiger partial charge in [0, 0.05) is 25.0 Å². The molecule has 0 bridgehead atoms. The molecule has 0 aliphatic carbocycles. The lowest BCUT2D eigenvalue weighted by atomic mass is 9.72. The van der Waals surface area contributed by atoms with E-state index in [0.717, 1.165) is 11.3 Å². The number of amides is 5. The number of imide groups is 1. The number of rotatable bonds is 6. The van der Waals surface area contributed by atoms with Gasteiger partial charge in [-0.15, -0.1) is 11.3 Å². The number of carboxylic acid groups (broad SMARTS) is 1. The fourth-order valence-corrected chi connectivity index (χ4v) is 4.65. The van der Waals surface area contributed by atoms with Crippen LogP contribution in [0.5, 0.6) is 5.75 Å². The van der Waals surface area contributed by atoms with E-state index in [9.17, 15) is 34.1 Å². The van der Waals surface area contributed by atoms with E-state index >= 15 is 0 Å². The van der Waals surface area contributed by atoms with Crippen LogP contribution >= 0.6 is 11.3 Å². The van der Waals surface area contributed by atoms with Crippen LogP contribution < -0.4 is 21.0 Å². The minimum atomic E-state index is -1.59. The number of nitrogens with zero attached hydrogens (tertiary/aromatic N) is 3. The lowest BCUT2D eigenvalue weighted by Crippen LogP contribution is -2.60. The van der Waals surface area contributed by atoms with E-state index in [1.54, 1.807) is 13.0 Å². The lowest BCUT2D eigenvalue weighted by Gasteiger charge is -2.33. The molecular formula is C21H23BN6O8S. The second kappa shape index (κ2) is 10.4. The molecule has 37 heavy (non-hydrogen) atoms. The van der Waals surface area contributed by atoms with Crippen molar-refractivity contribution in [1.29, 1.82) is 0 Å². The molecule has 5 amide bonds. The van der Waals surface area contributed by atoms with Crippen LogP contribution in [0.15, 0.2) is 23.6 Å². The Hall–Kier alpha value is -4.18. The predicted molar refractivity (Wildman–Crippen MR) is 129 cm³/mol. The number of fused-ring (bicyclic) bond motifs is 1. The number of hydrogen-bond donors (Lipinski definition) is 5. The standard InChI is InChI=1S/C21H23BN6O8S/c1-2-27-6-7-28(18(31)17(27)30)21(34)26-14(12-9-37-20(23)24-12)16(29)25-13-8-10-4-3-5-11(19(32)33)15(10)36-22(13)35/h3-5,9,13-14,35H,2,6-8H2,1H3,(H2,23,24)(H,25,29)(H,26,34)(H,32,33)/t13-,14-/m0/s1. The number of aromatic nitrogens is 1. The summed E-state index contributed by atoms with van der Waals surface area (Å²) >= 11 is 1.02. The number of aromatic carboxylic acids is 1. The number of hydrogen-bond acceptors (Lipinski definition) is 10. The van der Waals surface area contributed by atoms with Crippen molar-refractivity contribution in [3.05, 3.63) is 40.4 Å². The van der Waals surface area contributed by atoms with E-state index in [4.69, 9.17) is 10.4 Å². The topological polar surface area (TPSA) is 204 Å². The predicted octanol–water partition coefficient (Wildman–Crippen LogP) is -0.995. The Kier molecular flexibility index (Phi) is 7.31. The van der Waals surface area contributed by atoms with Crippen molar-refractivity contribution >= 4 is 53.3 Å². The number of piperazine rings is 1. The monoisotopic (exact) mass is 530 g/mol. The summed E-state index contributed by atoms with van der Waals surface area (Å²) in [5.41, 5.74) is 6.10. The highest BCUT2D eigenvalue weighted by Gasteiger charge is 2.41. The van der Waals surface area contributed by atoms with Crippen molar-refractivity contribution in [2.24, 2.45) is 0 Å². The molecule has 1 saturated heterocycles. The van der Waals surface area contributed by atoms with Gasteiger partial charge in [0.2, 0.25) is 5.91 Å². The van der Waals surface area contributed by atoms with Gasteiger partial charge in [-0.3, -0.25) is 19.3 Å². The molecule has 3 heterocycles. The van der Waals surface area contributed by atoms with Gasteiger partial charge in [0.25, 0.3) is 0 Å². The van der Waals surface area contributed by atoms with Gasteiger partial charge in [0.05, 0.1) is 17.2 Å². The normalized spacial score (nSPS) is 18.1. The van der Waals surface area contributed by atoms with Gasteiger partial charge in [-0.1, -0.05) is 12.1 Å². The van der Waals surface area contributed by atoms with Gasteiger partial charge in [0.15, 0.2) is 11.2 Å². The molecule has 4 rings (SSSR count). The number of nitrogens with two attached hydrogens (primary N) is 1. The van der Waals surface area contributed by atoms with E-state index < -0.39 is 48.8 Å². The van der Waals surface area contributed by atoms with Crippen LogP contribution in [-0.4, -0.2) is 87.3 Å². The Labute approximate surface area is 214 Å². The van der Waals surface area contributed by atoms with Gasteiger partial charge in [0.1, 0.15) is 5.75 Å². The van der Waals surface area contributed by atoms with Crippen molar-refractivity contribution < 1.29 is 38.8 Å². The first-order chi connectivity index (χ1) is 17.6. The SMILES string of the molecule is CCN1CCN(C(=O)N[C@H](C(=O)N[C@H]2Cc3cccc(C(=O)O)c3OB2O)c2csc(N)n2)C(=O)C1=O. The maximum Gasteiger partial charge on any atom is 0.547 e. The fraction of sp³-hybridized carbons (Fsp3) is 0.333. The Bertz CT molecular complexity index is 1270. The summed E-state index contributed by atoms with van der Waals surface area (Å²) in [6.45, 7) is 2.11. The number of nitrogen functional groups attached to an aromatic ring is 1. The van der Waals surface area contributed by atoms with Crippen LogP contribution in [0, 0.1) is 0 Å². The van der Waals surface area contributed by atoms with E-state index in [1.807, 2.05) is 0 Å². The zero-order valence-electron chi connectivity index (χ0n) is 19.5. The first kappa shape index (κ1) is 25.9. The molecule has 2 atom stereocenters. The summed E-state index contributed by atoms with van der Waals surface area (Å²) in [6, 6.07) is 2.05. The van der Waals surface area contributed by atoms with Crippen LogP contribution in [0.25, 0.3) is 0 Å². The maximum atomic E-state index is 13.3. The van der Waals surface area contributed by atoms with Crippen LogP contribution in [0.4, 0.5) is 9.93 Å². The van der Waals surface area contributed by atoms with Crippen molar-refractivity contribution in [3.63, 3.8) is 0 Å². The van der Waals surface area contributed by atoms with Crippen molar-refractivity contribution in [1.82, 2.24) is 25.4 Å². The van der Waals surface area contributed by atoms with Crippen molar-refractivity contribution in [2.45, 2.75) is 25.3 Å². The van der Waals surface area contributed by atoms with Crippen molar-refractivity contribution in [2.75, 3.05) is 25.4 Å². The molecule has 0 saturated carbocycles. The van der Waals surface area contributed by atoms with Gasteiger partial charge >= 0.3 is 30.9 Å². The molecule has 0 unspecified atom stereocenters. The smallest absolute Gasteiger partial charge is 0.534 e. The van der Waals surface area contributed by atoms with Gasteiger partial charge in [-0.05, 0) is 25.0 Å². The molecule has 0 spiro atoms. The number of benzene rings is 1. The minimum absolute atomic E-state index is 0.000437. The quantitative estimate of drug-likeness (QED) is 0.228. The van der Waals surface area contributed by atoms with E-state index in [-0.39, 0.29) is 41.6 Å². The van der Waals surface area contributed by atoms with E-state index in [0.29, 0.717) is 17.0 Å². The third kappa shape index (κ3) is 5.19. The number of anilines is 1. The third-order valence-electron chi connectivity index (χ3n) is 5.98. The van der Waals surface area contributed by atoms with Crippen molar-refractivity contribution in [3.8, 4) is 5.75 Å². The molecule has 2 aliphatic rings. The minimum Gasteiger partial charge on any atom is -0.534 e. The lowest BCUT2D eigenvalue weighted by molar-refractivity contribution is -0.153. The molecule has 0 radical (unpaired) electrons. The number of urea groups is 1. The molecule has 1 aromatic heterocycles.